The molecule has 0 aromatic carbocycles. The molecule has 0 unspecified atom stereocenters. The zero-order chi connectivity index (χ0) is 9.68. The number of nitrogens with zero attached hydrogens (tertiary/aromatic N) is 2. The Balaban J connectivity index is 2.02. The lowest BCUT2D eigenvalue weighted by atomic mass is 10.1. The topological polar surface area (TPSA) is 18.5 Å². The molecule has 3 nitrogen and oxygen atoms in total. The molecule has 1 N–H and O–H groups in total. The van der Waals surface area contributed by atoms with Crippen molar-refractivity contribution in [1.29, 1.82) is 0 Å². The third-order valence-corrected chi connectivity index (χ3v) is 2.71. The van der Waals surface area contributed by atoms with Crippen LogP contribution in [-0.2, 0) is 0 Å². The SMILES string of the molecule is CN(C)CCNC1CCN(C)CC1. The molecule has 1 heterocycles. The Morgan fingerprint density at radius 3 is 2.46 bits per heavy atom. The van der Waals surface area contributed by atoms with Crippen molar-refractivity contribution < 1.29 is 0 Å². The van der Waals surface area contributed by atoms with Gasteiger partial charge in [-0.15, -0.1) is 0 Å². The van der Waals surface area contributed by atoms with E-state index in [4.69, 9.17) is 0 Å². The smallest absolute Gasteiger partial charge is 0.0101 e. The summed E-state index contributed by atoms with van der Waals surface area (Å²) in [5.74, 6) is 0. The van der Waals surface area contributed by atoms with Crippen LogP contribution in [0, 0.1) is 0 Å². The summed E-state index contributed by atoms with van der Waals surface area (Å²) in [6.07, 6.45) is 2.62. The van der Waals surface area contributed by atoms with Gasteiger partial charge in [-0.3, -0.25) is 0 Å². The molecule has 0 amide bonds. The Hall–Kier alpha value is -0.120. The van der Waals surface area contributed by atoms with Gasteiger partial charge in [-0.1, -0.05) is 0 Å². The van der Waals surface area contributed by atoms with Gasteiger partial charge >= 0.3 is 0 Å². The predicted molar refractivity (Wildman–Crippen MR) is 57.1 cm³/mol. The fourth-order valence-corrected chi connectivity index (χ4v) is 1.70. The fraction of sp³-hybridized carbons (Fsp3) is 1.00. The van der Waals surface area contributed by atoms with E-state index in [9.17, 15) is 0 Å². The summed E-state index contributed by atoms with van der Waals surface area (Å²) in [5, 5.41) is 3.61. The highest BCUT2D eigenvalue weighted by molar-refractivity contribution is 4.75. The van der Waals surface area contributed by atoms with Crippen molar-refractivity contribution in [2.75, 3.05) is 47.3 Å². The molecule has 1 fully saturated rings. The highest BCUT2D eigenvalue weighted by Crippen LogP contribution is 2.07. The number of nitrogens with one attached hydrogen (secondary N) is 1. The van der Waals surface area contributed by atoms with E-state index in [1.165, 1.54) is 25.9 Å². The molecule has 0 aromatic heterocycles. The lowest BCUT2D eigenvalue weighted by Crippen LogP contribution is -2.42. The van der Waals surface area contributed by atoms with E-state index >= 15 is 0 Å². The molecule has 1 aliphatic rings. The average Bonchev–Trinajstić information content (AvgIpc) is 2.08. The van der Waals surface area contributed by atoms with Gasteiger partial charge in [0.2, 0.25) is 0 Å². The van der Waals surface area contributed by atoms with E-state index in [0.717, 1.165) is 19.1 Å². The maximum Gasteiger partial charge on any atom is 0.0101 e. The highest BCUT2D eigenvalue weighted by Gasteiger charge is 2.15. The maximum absolute atomic E-state index is 3.61. The monoisotopic (exact) mass is 185 g/mol. The summed E-state index contributed by atoms with van der Waals surface area (Å²) in [6.45, 7) is 4.77. The Kier molecular flexibility index (Phi) is 4.70. The van der Waals surface area contributed by atoms with Gasteiger partial charge in [0.15, 0.2) is 0 Å². The van der Waals surface area contributed by atoms with E-state index in [-0.39, 0.29) is 0 Å². The first-order chi connectivity index (χ1) is 6.18. The maximum atomic E-state index is 3.61. The molecular weight excluding hydrogens is 162 g/mol. The number of hydrogen-bond donors (Lipinski definition) is 1. The van der Waals surface area contributed by atoms with E-state index in [1.807, 2.05) is 0 Å². The first-order valence-electron chi connectivity index (χ1n) is 5.25. The van der Waals surface area contributed by atoms with Crippen molar-refractivity contribution >= 4 is 0 Å². The molecule has 0 atom stereocenters. The molecule has 0 bridgehead atoms. The molecule has 78 valence electrons. The quantitative estimate of drug-likeness (QED) is 0.676. The van der Waals surface area contributed by atoms with Gasteiger partial charge in [0.25, 0.3) is 0 Å². The number of rotatable bonds is 4. The molecule has 0 spiro atoms. The summed E-state index contributed by atoms with van der Waals surface area (Å²) in [5.41, 5.74) is 0. The van der Waals surface area contributed by atoms with Crippen LogP contribution in [0.15, 0.2) is 0 Å². The third kappa shape index (κ3) is 4.60. The summed E-state index contributed by atoms with van der Waals surface area (Å²) < 4.78 is 0. The minimum Gasteiger partial charge on any atom is -0.313 e. The van der Waals surface area contributed by atoms with Crippen LogP contribution < -0.4 is 5.32 Å². The van der Waals surface area contributed by atoms with Crippen LogP contribution in [0.2, 0.25) is 0 Å². The lowest BCUT2D eigenvalue weighted by Gasteiger charge is -2.29. The Morgan fingerprint density at radius 1 is 1.31 bits per heavy atom. The van der Waals surface area contributed by atoms with E-state index < -0.39 is 0 Å². The molecule has 13 heavy (non-hydrogen) atoms. The lowest BCUT2D eigenvalue weighted by molar-refractivity contribution is 0.231. The van der Waals surface area contributed by atoms with Crippen molar-refractivity contribution in [2.24, 2.45) is 0 Å². The second kappa shape index (κ2) is 5.58. The van der Waals surface area contributed by atoms with Crippen LogP contribution in [0.4, 0.5) is 0 Å². The minimum absolute atomic E-state index is 0.760. The highest BCUT2D eigenvalue weighted by atomic mass is 15.1. The van der Waals surface area contributed by atoms with Gasteiger partial charge in [0.1, 0.15) is 0 Å². The number of likely N-dealkylation sites (tertiary alicyclic amines) is 1. The van der Waals surface area contributed by atoms with Crippen LogP contribution in [0.1, 0.15) is 12.8 Å². The Bertz CT molecular complexity index is 128. The third-order valence-electron chi connectivity index (χ3n) is 2.71. The molecule has 0 saturated carbocycles. The van der Waals surface area contributed by atoms with Crippen molar-refractivity contribution in [1.82, 2.24) is 15.1 Å². The first kappa shape index (κ1) is 11.0. The molecule has 3 heteroatoms. The van der Waals surface area contributed by atoms with Crippen LogP contribution in [0.5, 0.6) is 0 Å². The molecule has 1 rings (SSSR count). The Labute approximate surface area is 82.1 Å². The average molecular weight is 185 g/mol. The first-order valence-corrected chi connectivity index (χ1v) is 5.25. The second-order valence-electron chi connectivity index (χ2n) is 4.33. The van der Waals surface area contributed by atoms with Gasteiger partial charge in [-0.05, 0) is 47.1 Å². The molecule has 0 aromatic rings. The van der Waals surface area contributed by atoms with Gasteiger partial charge in [0, 0.05) is 19.1 Å². The van der Waals surface area contributed by atoms with Gasteiger partial charge in [0.05, 0.1) is 0 Å². The zero-order valence-electron chi connectivity index (χ0n) is 9.21. The fourth-order valence-electron chi connectivity index (χ4n) is 1.70. The van der Waals surface area contributed by atoms with Crippen molar-refractivity contribution in [3.63, 3.8) is 0 Å². The summed E-state index contributed by atoms with van der Waals surface area (Å²) in [7, 11) is 6.45. The van der Waals surface area contributed by atoms with Crippen molar-refractivity contribution in [2.45, 2.75) is 18.9 Å². The molecule has 1 aliphatic heterocycles. The van der Waals surface area contributed by atoms with E-state index in [2.05, 4.69) is 36.3 Å². The van der Waals surface area contributed by atoms with Crippen LogP contribution in [-0.4, -0.2) is 63.2 Å². The summed E-state index contributed by atoms with van der Waals surface area (Å²) in [4.78, 5) is 4.63. The minimum atomic E-state index is 0.760. The van der Waals surface area contributed by atoms with Gasteiger partial charge in [-0.2, -0.15) is 0 Å². The summed E-state index contributed by atoms with van der Waals surface area (Å²) in [6, 6.07) is 0.760. The van der Waals surface area contributed by atoms with E-state index in [0.29, 0.717) is 0 Å². The molecule has 0 aliphatic carbocycles. The predicted octanol–water partition coefficient (Wildman–Crippen LogP) is 0.232. The largest absolute Gasteiger partial charge is 0.313 e. The van der Waals surface area contributed by atoms with Gasteiger partial charge in [-0.25, -0.2) is 0 Å². The zero-order valence-corrected chi connectivity index (χ0v) is 9.21. The van der Waals surface area contributed by atoms with E-state index in [1.54, 1.807) is 0 Å². The summed E-state index contributed by atoms with van der Waals surface area (Å²) >= 11 is 0. The van der Waals surface area contributed by atoms with Crippen molar-refractivity contribution in [3.8, 4) is 0 Å². The van der Waals surface area contributed by atoms with Crippen LogP contribution in [0.3, 0.4) is 0 Å². The van der Waals surface area contributed by atoms with Crippen molar-refractivity contribution in [3.05, 3.63) is 0 Å². The number of piperidine rings is 1. The molecule has 0 radical (unpaired) electrons. The number of likely N-dealkylation sites (N-methyl/N-ethyl adjacent to an activating group) is 1. The van der Waals surface area contributed by atoms with Crippen LogP contribution in [0.25, 0.3) is 0 Å². The van der Waals surface area contributed by atoms with Gasteiger partial charge < -0.3 is 15.1 Å². The molecule has 1 saturated heterocycles. The second-order valence-corrected chi connectivity index (χ2v) is 4.33. The standard InChI is InChI=1S/C10H23N3/c1-12(2)9-6-11-10-4-7-13(3)8-5-10/h10-11H,4-9H2,1-3H3. The van der Waals surface area contributed by atoms with Crippen LogP contribution >= 0.6 is 0 Å². The Morgan fingerprint density at radius 2 is 1.92 bits per heavy atom. The molecular formula is C10H23N3. The number of hydrogen-bond acceptors (Lipinski definition) is 3. The normalized spacial score (nSPS) is 21.2.